The van der Waals surface area contributed by atoms with E-state index in [0.29, 0.717) is 5.13 Å². The first-order valence-electron chi connectivity index (χ1n) is 8.84. The first-order valence-corrected chi connectivity index (χ1v) is 9.72. The molecule has 6 heteroatoms. The van der Waals surface area contributed by atoms with Gasteiger partial charge >= 0.3 is 6.03 Å². The van der Waals surface area contributed by atoms with E-state index >= 15 is 0 Å². The van der Waals surface area contributed by atoms with Crippen LogP contribution in [0.2, 0.25) is 0 Å². The van der Waals surface area contributed by atoms with Crippen LogP contribution in [0.5, 0.6) is 0 Å². The number of hydrogen-bond acceptors (Lipinski definition) is 4. The summed E-state index contributed by atoms with van der Waals surface area (Å²) in [5.41, 5.74) is 3.58. The summed E-state index contributed by atoms with van der Waals surface area (Å²) in [7, 11) is 0. The molecule has 0 spiro atoms. The van der Waals surface area contributed by atoms with Gasteiger partial charge in [0.1, 0.15) is 0 Å². The van der Waals surface area contributed by atoms with Crippen LogP contribution in [0, 0.1) is 0 Å². The third kappa shape index (κ3) is 4.24. The van der Waals surface area contributed by atoms with Crippen LogP contribution in [-0.2, 0) is 0 Å². The predicted octanol–water partition coefficient (Wildman–Crippen LogP) is 5.12. The minimum absolute atomic E-state index is 0.325. The maximum atomic E-state index is 12.6. The Kier molecular flexibility index (Phi) is 5.40. The molecule has 1 unspecified atom stereocenters. The lowest BCUT2D eigenvalue weighted by atomic mass is 10.0. The molecule has 28 heavy (non-hydrogen) atoms. The molecule has 0 bridgehead atoms. The van der Waals surface area contributed by atoms with Gasteiger partial charge in [0.2, 0.25) is 0 Å². The van der Waals surface area contributed by atoms with Gasteiger partial charge in [0.15, 0.2) is 5.13 Å². The van der Waals surface area contributed by atoms with E-state index in [2.05, 4.69) is 20.6 Å². The molecule has 2 amide bonds. The molecule has 0 aliphatic rings. The fraction of sp³-hybridized carbons (Fsp3) is 0.0455. The number of carbonyl (C=O) groups is 1. The molecule has 4 aromatic rings. The number of pyridine rings is 1. The molecule has 0 aliphatic heterocycles. The van der Waals surface area contributed by atoms with E-state index in [9.17, 15) is 4.79 Å². The van der Waals surface area contributed by atoms with Gasteiger partial charge in [-0.1, -0.05) is 66.7 Å². The molecule has 5 nitrogen and oxygen atoms in total. The first-order chi connectivity index (χ1) is 13.8. The lowest BCUT2D eigenvalue weighted by Crippen LogP contribution is -2.33. The molecular weight excluding hydrogens is 368 g/mol. The minimum Gasteiger partial charge on any atom is -0.325 e. The van der Waals surface area contributed by atoms with E-state index in [0.717, 1.165) is 22.5 Å². The largest absolute Gasteiger partial charge is 0.325 e. The number of nitrogens with one attached hydrogen (secondary N) is 2. The van der Waals surface area contributed by atoms with Gasteiger partial charge in [-0.3, -0.25) is 10.3 Å². The number of carbonyl (C=O) groups excluding carboxylic acids is 1. The zero-order valence-electron chi connectivity index (χ0n) is 14.9. The second-order valence-corrected chi connectivity index (χ2v) is 6.96. The highest BCUT2D eigenvalue weighted by atomic mass is 32.1. The van der Waals surface area contributed by atoms with Crippen LogP contribution in [0.25, 0.3) is 11.3 Å². The van der Waals surface area contributed by atoms with Crippen molar-refractivity contribution in [2.45, 2.75) is 6.04 Å². The standard InChI is InChI=1S/C22H18N4OS/c27-21(26-22-24-19(15-28-22)16-9-3-1-4-10-16)25-20(17-11-5-2-6-12-17)18-13-7-8-14-23-18/h1-15,20H,(H2,24,25,26,27). The van der Waals surface area contributed by atoms with Crippen LogP contribution in [-0.4, -0.2) is 16.0 Å². The molecule has 2 N–H and O–H groups in total. The van der Waals surface area contributed by atoms with E-state index in [4.69, 9.17) is 0 Å². The molecule has 4 rings (SSSR count). The fourth-order valence-corrected chi connectivity index (χ4v) is 3.57. The molecular formula is C22H18N4OS. The Labute approximate surface area is 167 Å². The number of anilines is 1. The van der Waals surface area contributed by atoms with Gasteiger partial charge in [-0.15, -0.1) is 11.3 Å². The van der Waals surface area contributed by atoms with Crippen molar-refractivity contribution < 1.29 is 4.79 Å². The summed E-state index contributed by atoms with van der Waals surface area (Å²) < 4.78 is 0. The summed E-state index contributed by atoms with van der Waals surface area (Å²) in [5, 5.41) is 8.31. The summed E-state index contributed by atoms with van der Waals surface area (Å²) in [6.07, 6.45) is 1.72. The first kappa shape index (κ1) is 17.9. The fourth-order valence-electron chi connectivity index (χ4n) is 2.86. The van der Waals surface area contributed by atoms with E-state index in [1.54, 1.807) is 6.20 Å². The normalized spacial score (nSPS) is 11.6. The van der Waals surface area contributed by atoms with Crippen molar-refractivity contribution in [1.29, 1.82) is 0 Å². The van der Waals surface area contributed by atoms with Crippen molar-refractivity contribution in [1.82, 2.24) is 15.3 Å². The van der Waals surface area contributed by atoms with E-state index < -0.39 is 0 Å². The number of hydrogen-bond donors (Lipinski definition) is 2. The Hall–Kier alpha value is -3.51. The highest BCUT2D eigenvalue weighted by molar-refractivity contribution is 7.14. The molecule has 138 valence electrons. The van der Waals surface area contributed by atoms with Crippen LogP contribution in [0.4, 0.5) is 9.93 Å². The topological polar surface area (TPSA) is 66.9 Å². The number of rotatable bonds is 5. The highest BCUT2D eigenvalue weighted by Crippen LogP contribution is 2.25. The van der Waals surface area contributed by atoms with Gasteiger partial charge < -0.3 is 5.32 Å². The van der Waals surface area contributed by atoms with Gasteiger partial charge in [0, 0.05) is 17.1 Å². The summed E-state index contributed by atoms with van der Waals surface area (Å²) in [5.74, 6) is 0. The summed E-state index contributed by atoms with van der Waals surface area (Å²) in [4.78, 5) is 21.5. The monoisotopic (exact) mass is 386 g/mol. The molecule has 2 heterocycles. The molecule has 0 radical (unpaired) electrons. The number of thiazole rings is 1. The quantitative estimate of drug-likeness (QED) is 0.500. The second kappa shape index (κ2) is 8.45. The van der Waals surface area contributed by atoms with Crippen molar-refractivity contribution in [3.63, 3.8) is 0 Å². The number of amides is 2. The zero-order chi connectivity index (χ0) is 19.2. The van der Waals surface area contributed by atoms with Crippen LogP contribution < -0.4 is 10.6 Å². The third-order valence-corrected chi connectivity index (χ3v) is 4.94. The average Bonchev–Trinajstić information content (AvgIpc) is 3.22. The van der Waals surface area contributed by atoms with Crippen LogP contribution in [0.15, 0.2) is 90.4 Å². The molecule has 0 aliphatic carbocycles. The lowest BCUT2D eigenvalue weighted by molar-refractivity contribution is 0.250. The van der Waals surface area contributed by atoms with E-state index in [-0.39, 0.29) is 12.1 Å². The number of nitrogens with zero attached hydrogens (tertiary/aromatic N) is 2. The molecule has 2 aromatic heterocycles. The Morgan fingerprint density at radius 3 is 2.32 bits per heavy atom. The molecule has 0 saturated heterocycles. The second-order valence-electron chi connectivity index (χ2n) is 6.10. The van der Waals surface area contributed by atoms with Gasteiger partial charge in [-0.05, 0) is 17.7 Å². The molecule has 2 aromatic carbocycles. The summed E-state index contributed by atoms with van der Waals surface area (Å²) in [6, 6.07) is 24.6. The maximum Gasteiger partial charge on any atom is 0.321 e. The van der Waals surface area contributed by atoms with Crippen molar-refractivity contribution in [3.05, 3.63) is 102 Å². The molecule has 0 saturated carbocycles. The smallest absolute Gasteiger partial charge is 0.321 e. The third-order valence-electron chi connectivity index (χ3n) is 4.19. The SMILES string of the molecule is O=C(Nc1nc(-c2ccccc2)cs1)NC(c1ccccc1)c1ccccn1. The van der Waals surface area contributed by atoms with Gasteiger partial charge in [0.05, 0.1) is 17.4 Å². The Morgan fingerprint density at radius 2 is 1.61 bits per heavy atom. The molecule has 1 atom stereocenters. The van der Waals surface area contributed by atoms with Crippen molar-refractivity contribution in [2.75, 3.05) is 5.32 Å². The van der Waals surface area contributed by atoms with Gasteiger partial charge in [-0.25, -0.2) is 9.78 Å². The maximum absolute atomic E-state index is 12.6. The number of benzene rings is 2. The van der Waals surface area contributed by atoms with E-state index in [1.165, 1.54) is 11.3 Å². The van der Waals surface area contributed by atoms with Crippen LogP contribution >= 0.6 is 11.3 Å². The number of urea groups is 1. The minimum atomic E-state index is -0.351. The number of aromatic nitrogens is 2. The Balaban J connectivity index is 1.50. The van der Waals surface area contributed by atoms with Crippen molar-refractivity contribution >= 4 is 22.5 Å². The van der Waals surface area contributed by atoms with Crippen LogP contribution in [0.3, 0.4) is 0 Å². The van der Waals surface area contributed by atoms with Gasteiger partial charge in [-0.2, -0.15) is 0 Å². The van der Waals surface area contributed by atoms with Crippen molar-refractivity contribution in [2.24, 2.45) is 0 Å². The average molecular weight is 386 g/mol. The predicted molar refractivity (Wildman–Crippen MR) is 112 cm³/mol. The Bertz CT molecular complexity index is 996. The zero-order valence-corrected chi connectivity index (χ0v) is 15.8. The van der Waals surface area contributed by atoms with Crippen molar-refractivity contribution in [3.8, 4) is 11.3 Å². The summed E-state index contributed by atoms with van der Waals surface area (Å²) in [6.45, 7) is 0. The van der Waals surface area contributed by atoms with Gasteiger partial charge in [0.25, 0.3) is 0 Å². The molecule has 0 fully saturated rings. The van der Waals surface area contributed by atoms with E-state index in [1.807, 2.05) is 84.2 Å². The Morgan fingerprint density at radius 1 is 0.893 bits per heavy atom. The lowest BCUT2D eigenvalue weighted by Gasteiger charge is -2.18. The highest BCUT2D eigenvalue weighted by Gasteiger charge is 2.18. The van der Waals surface area contributed by atoms with Crippen LogP contribution in [0.1, 0.15) is 17.3 Å². The summed E-state index contributed by atoms with van der Waals surface area (Å²) >= 11 is 1.39.